The predicted molar refractivity (Wildman–Crippen MR) is 62.6 cm³/mol. The molecule has 0 radical (unpaired) electrons. The van der Waals surface area contributed by atoms with Gasteiger partial charge in [0, 0.05) is 12.3 Å². The van der Waals surface area contributed by atoms with Crippen LogP contribution < -0.4 is 5.73 Å². The zero-order valence-electron chi connectivity index (χ0n) is 10.3. The molecule has 0 aliphatic rings. The number of anilines is 1. The summed E-state index contributed by atoms with van der Waals surface area (Å²) in [6.07, 6.45) is -4.49. The Kier molecular flexibility index (Phi) is 5.17. The number of carbonyl (C=O) groups excluding carboxylic acids is 1. The number of alkyl halides is 3. The third-order valence-electron chi connectivity index (χ3n) is 2.26. The molecule has 4 nitrogen and oxygen atoms in total. The van der Waals surface area contributed by atoms with Crippen molar-refractivity contribution in [3.05, 3.63) is 29.3 Å². The van der Waals surface area contributed by atoms with Crippen LogP contribution in [0.5, 0.6) is 0 Å². The molecule has 0 aliphatic carbocycles. The number of carbonyl (C=O) groups is 1. The van der Waals surface area contributed by atoms with E-state index in [1.807, 2.05) is 0 Å². The molecule has 0 saturated heterocycles. The number of benzene rings is 1. The largest absolute Gasteiger partial charge is 0.460 e. The van der Waals surface area contributed by atoms with Gasteiger partial charge in [0.05, 0.1) is 17.7 Å². The zero-order valence-corrected chi connectivity index (χ0v) is 10.3. The van der Waals surface area contributed by atoms with Crippen LogP contribution in [0.15, 0.2) is 18.2 Å². The summed E-state index contributed by atoms with van der Waals surface area (Å²) in [5, 5.41) is 0. The maximum atomic E-state index is 12.4. The van der Waals surface area contributed by atoms with Gasteiger partial charge in [-0.3, -0.25) is 0 Å². The number of nitrogens with two attached hydrogens (primary N) is 1. The van der Waals surface area contributed by atoms with Gasteiger partial charge in [-0.2, -0.15) is 13.2 Å². The van der Waals surface area contributed by atoms with Crippen molar-refractivity contribution in [1.82, 2.24) is 0 Å². The number of rotatable bonds is 5. The normalized spacial score (nSPS) is 11.4. The minimum Gasteiger partial charge on any atom is -0.460 e. The maximum Gasteiger partial charge on any atom is 0.416 e. The van der Waals surface area contributed by atoms with E-state index in [0.29, 0.717) is 12.7 Å². The first-order valence-corrected chi connectivity index (χ1v) is 5.58. The molecule has 0 saturated carbocycles. The fourth-order valence-corrected chi connectivity index (χ4v) is 1.34. The van der Waals surface area contributed by atoms with Crippen LogP contribution in [-0.4, -0.2) is 25.8 Å². The third-order valence-corrected chi connectivity index (χ3v) is 2.26. The van der Waals surface area contributed by atoms with Gasteiger partial charge in [-0.1, -0.05) is 0 Å². The Bertz CT molecular complexity index is 446. The second-order valence-electron chi connectivity index (χ2n) is 3.63. The van der Waals surface area contributed by atoms with Crippen molar-refractivity contribution in [3.63, 3.8) is 0 Å². The summed E-state index contributed by atoms with van der Waals surface area (Å²) in [6, 6.07) is 2.50. The van der Waals surface area contributed by atoms with Crippen LogP contribution in [0.2, 0.25) is 0 Å². The van der Waals surface area contributed by atoms with E-state index in [9.17, 15) is 18.0 Å². The van der Waals surface area contributed by atoms with Gasteiger partial charge in [-0.25, -0.2) is 4.79 Å². The van der Waals surface area contributed by atoms with Crippen LogP contribution in [0, 0.1) is 0 Å². The maximum absolute atomic E-state index is 12.4. The van der Waals surface area contributed by atoms with Gasteiger partial charge in [-0.05, 0) is 25.1 Å². The molecule has 0 unspecified atom stereocenters. The molecule has 0 bridgehead atoms. The van der Waals surface area contributed by atoms with Crippen LogP contribution >= 0.6 is 0 Å². The summed E-state index contributed by atoms with van der Waals surface area (Å²) in [5.74, 6) is -0.772. The molecule has 0 aliphatic heterocycles. The van der Waals surface area contributed by atoms with Gasteiger partial charge in [0.15, 0.2) is 0 Å². The molecule has 1 aromatic rings. The number of halogens is 3. The Morgan fingerprint density at radius 3 is 2.53 bits per heavy atom. The molecule has 0 spiro atoms. The van der Waals surface area contributed by atoms with Crippen molar-refractivity contribution in [2.75, 3.05) is 25.6 Å². The molecule has 0 heterocycles. The Morgan fingerprint density at radius 1 is 1.32 bits per heavy atom. The molecule has 7 heteroatoms. The van der Waals surface area contributed by atoms with E-state index in [-0.39, 0.29) is 24.5 Å². The van der Waals surface area contributed by atoms with E-state index in [0.717, 1.165) is 12.1 Å². The minimum atomic E-state index is -4.49. The highest BCUT2D eigenvalue weighted by atomic mass is 19.4. The first-order valence-electron chi connectivity index (χ1n) is 5.58. The standard InChI is InChI=1S/C12H14F3NO3/c1-2-18-5-6-19-11(17)9-4-3-8(7-10(9)16)12(13,14)15/h3-4,7H,2,5-6,16H2,1H3. The fourth-order valence-electron chi connectivity index (χ4n) is 1.34. The molecule has 0 amide bonds. The highest BCUT2D eigenvalue weighted by Crippen LogP contribution is 2.31. The van der Waals surface area contributed by atoms with Crippen LogP contribution in [0.3, 0.4) is 0 Å². The second-order valence-corrected chi connectivity index (χ2v) is 3.63. The molecular weight excluding hydrogens is 263 g/mol. The van der Waals surface area contributed by atoms with E-state index in [1.165, 1.54) is 0 Å². The van der Waals surface area contributed by atoms with Crippen LogP contribution in [0.1, 0.15) is 22.8 Å². The molecule has 2 N–H and O–H groups in total. The molecule has 0 fully saturated rings. The predicted octanol–water partition coefficient (Wildman–Crippen LogP) is 2.48. The average molecular weight is 277 g/mol. The van der Waals surface area contributed by atoms with E-state index in [4.69, 9.17) is 15.2 Å². The number of hydrogen-bond donors (Lipinski definition) is 1. The van der Waals surface area contributed by atoms with Crippen molar-refractivity contribution in [2.45, 2.75) is 13.1 Å². The topological polar surface area (TPSA) is 61.5 Å². The van der Waals surface area contributed by atoms with E-state index >= 15 is 0 Å². The highest BCUT2D eigenvalue weighted by molar-refractivity contribution is 5.95. The minimum absolute atomic E-state index is 0.0210. The molecule has 0 aromatic heterocycles. The van der Waals surface area contributed by atoms with Crippen molar-refractivity contribution in [1.29, 1.82) is 0 Å². The quantitative estimate of drug-likeness (QED) is 0.510. The Morgan fingerprint density at radius 2 is 2.00 bits per heavy atom. The highest BCUT2D eigenvalue weighted by Gasteiger charge is 2.31. The third kappa shape index (κ3) is 4.44. The van der Waals surface area contributed by atoms with Crippen LogP contribution in [0.25, 0.3) is 0 Å². The Balaban J connectivity index is 2.71. The molecule has 1 rings (SSSR count). The summed E-state index contributed by atoms with van der Waals surface area (Å²) in [7, 11) is 0. The number of esters is 1. The lowest BCUT2D eigenvalue weighted by Crippen LogP contribution is -2.14. The van der Waals surface area contributed by atoms with E-state index in [1.54, 1.807) is 6.92 Å². The van der Waals surface area contributed by atoms with Gasteiger partial charge in [-0.15, -0.1) is 0 Å². The number of hydrogen-bond acceptors (Lipinski definition) is 4. The van der Waals surface area contributed by atoms with Gasteiger partial charge in [0.25, 0.3) is 0 Å². The molecular formula is C12H14F3NO3. The smallest absolute Gasteiger partial charge is 0.416 e. The molecule has 0 atom stereocenters. The summed E-state index contributed by atoms with van der Waals surface area (Å²) in [5.41, 5.74) is 4.15. The summed E-state index contributed by atoms with van der Waals surface area (Å²) in [4.78, 5) is 11.6. The van der Waals surface area contributed by atoms with Crippen LogP contribution in [0.4, 0.5) is 18.9 Å². The first kappa shape index (κ1) is 15.3. The van der Waals surface area contributed by atoms with E-state index < -0.39 is 17.7 Å². The second kappa shape index (κ2) is 6.42. The molecule has 19 heavy (non-hydrogen) atoms. The van der Waals surface area contributed by atoms with E-state index in [2.05, 4.69) is 0 Å². The number of ether oxygens (including phenoxy) is 2. The van der Waals surface area contributed by atoms with Crippen molar-refractivity contribution >= 4 is 11.7 Å². The lowest BCUT2D eigenvalue weighted by atomic mass is 10.1. The molecule has 1 aromatic carbocycles. The number of nitrogen functional groups attached to an aromatic ring is 1. The van der Waals surface area contributed by atoms with Crippen molar-refractivity contribution < 1.29 is 27.4 Å². The summed E-state index contributed by atoms with van der Waals surface area (Å²) >= 11 is 0. The average Bonchev–Trinajstić information content (AvgIpc) is 2.33. The lowest BCUT2D eigenvalue weighted by molar-refractivity contribution is -0.137. The van der Waals surface area contributed by atoms with Gasteiger partial charge < -0.3 is 15.2 Å². The SMILES string of the molecule is CCOCCOC(=O)c1ccc(C(F)(F)F)cc1N. The summed E-state index contributed by atoms with van der Waals surface area (Å²) in [6.45, 7) is 2.52. The Labute approximate surface area is 108 Å². The fraction of sp³-hybridized carbons (Fsp3) is 0.417. The lowest BCUT2D eigenvalue weighted by Gasteiger charge is -2.10. The monoisotopic (exact) mass is 277 g/mol. The van der Waals surface area contributed by atoms with Gasteiger partial charge in [0.2, 0.25) is 0 Å². The molecule has 106 valence electrons. The first-order chi connectivity index (χ1) is 8.86. The van der Waals surface area contributed by atoms with Crippen LogP contribution in [-0.2, 0) is 15.7 Å². The summed E-state index contributed by atoms with van der Waals surface area (Å²) < 4.78 is 47.0. The van der Waals surface area contributed by atoms with Crippen molar-refractivity contribution in [3.8, 4) is 0 Å². The van der Waals surface area contributed by atoms with Gasteiger partial charge >= 0.3 is 12.1 Å². The zero-order chi connectivity index (χ0) is 14.5. The van der Waals surface area contributed by atoms with Crippen molar-refractivity contribution in [2.24, 2.45) is 0 Å². The van der Waals surface area contributed by atoms with Gasteiger partial charge in [0.1, 0.15) is 6.61 Å². The Hall–Kier alpha value is -1.76.